The summed E-state index contributed by atoms with van der Waals surface area (Å²) in [5.74, 6) is 5.50. The van der Waals surface area contributed by atoms with E-state index in [1.165, 1.54) is 17.9 Å². The second-order valence-corrected chi connectivity index (χ2v) is 6.63. The molecule has 0 aliphatic carbocycles. The number of nitrogen functional groups attached to an aromatic ring is 1. The van der Waals surface area contributed by atoms with Gasteiger partial charge in [0, 0.05) is 17.1 Å². The number of aromatic nitrogens is 1. The Hall–Kier alpha value is -3.55. The van der Waals surface area contributed by atoms with Crippen molar-refractivity contribution in [3.63, 3.8) is 0 Å². The molecule has 0 aliphatic heterocycles. The number of fused-ring (bicyclic) bond motifs is 1. The molecule has 4 rings (SSSR count). The first-order valence-corrected chi connectivity index (χ1v) is 9.00. The van der Waals surface area contributed by atoms with Gasteiger partial charge in [0.1, 0.15) is 11.5 Å². The van der Waals surface area contributed by atoms with Crippen LogP contribution < -0.4 is 16.0 Å². The fourth-order valence-corrected chi connectivity index (χ4v) is 3.41. The normalized spacial score (nSPS) is 10.9. The lowest BCUT2D eigenvalue weighted by atomic mass is 10.1. The third kappa shape index (κ3) is 3.26. The van der Waals surface area contributed by atoms with E-state index in [1.807, 2.05) is 0 Å². The first-order valence-electron chi connectivity index (χ1n) is 8.63. The molecular weight excluding hydrogens is 394 g/mol. The molecule has 0 aliphatic rings. The van der Waals surface area contributed by atoms with Gasteiger partial charge in [-0.1, -0.05) is 29.8 Å². The molecule has 3 N–H and O–H groups in total. The Morgan fingerprint density at radius 1 is 1.14 bits per heavy atom. The number of hydrogen-bond donors (Lipinski definition) is 2. The van der Waals surface area contributed by atoms with Gasteiger partial charge in [0.2, 0.25) is 0 Å². The average molecular weight is 410 g/mol. The summed E-state index contributed by atoms with van der Waals surface area (Å²) in [4.78, 5) is 25.1. The molecule has 0 bridgehead atoms. The van der Waals surface area contributed by atoms with Crippen LogP contribution in [0.1, 0.15) is 20.9 Å². The number of ether oxygens (including phenoxy) is 1. The van der Waals surface area contributed by atoms with Crippen LogP contribution in [0.4, 0.5) is 0 Å². The van der Waals surface area contributed by atoms with Gasteiger partial charge >= 0.3 is 0 Å². The third-order valence-corrected chi connectivity index (χ3v) is 4.85. The Balaban J connectivity index is 1.73. The molecule has 29 heavy (non-hydrogen) atoms. The number of nitrogens with zero attached hydrogens (tertiary/aromatic N) is 1. The molecule has 1 amide bonds. The van der Waals surface area contributed by atoms with Gasteiger partial charge in [-0.05, 0) is 36.4 Å². The van der Waals surface area contributed by atoms with Crippen molar-refractivity contribution >= 4 is 34.3 Å². The van der Waals surface area contributed by atoms with Crippen LogP contribution in [0.25, 0.3) is 22.2 Å². The number of hydrazine groups is 1. The van der Waals surface area contributed by atoms with Crippen molar-refractivity contribution in [2.45, 2.75) is 0 Å². The molecule has 2 aromatic carbocycles. The van der Waals surface area contributed by atoms with Crippen molar-refractivity contribution in [3.8, 4) is 17.1 Å². The molecule has 7 nitrogen and oxygen atoms in total. The molecule has 146 valence electrons. The SMILES string of the molecule is COc1ccc(-c2ccc(C(=O)n3cc(C(=O)NN)c4ccccc43)o2)cc1Cl. The number of methoxy groups -OCH3 is 1. The predicted octanol–water partition coefficient (Wildman–Crippen LogP) is 3.86. The minimum absolute atomic E-state index is 0.118. The van der Waals surface area contributed by atoms with Crippen LogP contribution in [0.15, 0.2) is 65.2 Å². The highest BCUT2D eigenvalue weighted by molar-refractivity contribution is 6.32. The fourth-order valence-electron chi connectivity index (χ4n) is 3.15. The number of carbonyl (C=O) groups is 2. The summed E-state index contributed by atoms with van der Waals surface area (Å²) in [6.07, 6.45) is 1.45. The van der Waals surface area contributed by atoms with Crippen LogP contribution in [0.2, 0.25) is 5.02 Å². The highest BCUT2D eigenvalue weighted by atomic mass is 35.5. The number of amides is 1. The standard InChI is InChI=1S/C21H16ClN3O4/c1-28-18-7-6-12(10-15(18)22)17-8-9-19(29-17)21(27)25-11-14(20(26)24-23)13-4-2-3-5-16(13)25/h2-11H,23H2,1H3,(H,24,26). The number of rotatable bonds is 4. The fraction of sp³-hybridized carbons (Fsp3) is 0.0476. The Morgan fingerprint density at radius 3 is 2.66 bits per heavy atom. The molecule has 0 atom stereocenters. The van der Waals surface area contributed by atoms with Crippen molar-refractivity contribution in [1.82, 2.24) is 9.99 Å². The molecule has 2 aromatic heterocycles. The molecule has 0 unspecified atom stereocenters. The molecule has 4 aromatic rings. The summed E-state index contributed by atoms with van der Waals surface area (Å²) in [5.41, 5.74) is 3.67. The van der Waals surface area contributed by atoms with E-state index < -0.39 is 11.8 Å². The molecule has 0 spiro atoms. The van der Waals surface area contributed by atoms with E-state index >= 15 is 0 Å². The topological polar surface area (TPSA) is 99.5 Å². The predicted molar refractivity (Wildman–Crippen MR) is 109 cm³/mol. The average Bonchev–Trinajstić information content (AvgIpc) is 3.38. The quantitative estimate of drug-likeness (QED) is 0.303. The molecule has 0 radical (unpaired) electrons. The lowest BCUT2D eigenvalue weighted by molar-refractivity contribution is 0.0938. The molecule has 8 heteroatoms. The number of nitrogens with one attached hydrogen (secondary N) is 1. The Kier molecular flexibility index (Phi) is 4.84. The van der Waals surface area contributed by atoms with Gasteiger partial charge in [-0.15, -0.1) is 0 Å². The van der Waals surface area contributed by atoms with Crippen LogP contribution >= 0.6 is 11.6 Å². The number of carbonyl (C=O) groups excluding carboxylic acids is 2. The van der Waals surface area contributed by atoms with Crippen molar-refractivity contribution in [3.05, 3.63) is 77.1 Å². The summed E-state index contributed by atoms with van der Waals surface area (Å²) in [5, 5.41) is 1.04. The second-order valence-electron chi connectivity index (χ2n) is 6.22. The summed E-state index contributed by atoms with van der Waals surface area (Å²) in [7, 11) is 1.53. The van der Waals surface area contributed by atoms with E-state index in [2.05, 4.69) is 5.43 Å². The Morgan fingerprint density at radius 2 is 1.93 bits per heavy atom. The van der Waals surface area contributed by atoms with Crippen LogP contribution in [0.5, 0.6) is 5.75 Å². The van der Waals surface area contributed by atoms with Crippen LogP contribution in [0, 0.1) is 0 Å². The van der Waals surface area contributed by atoms with Crippen molar-refractivity contribution in [2.24, 2.45) is 5.84 Å². The van der Waals surface area contributed by atoms with E-state index in [-0.39, 0.29) is 5.76 Å². The Labute approximate surface area is 170 Å². The monoisotopic (exact) mass is 409 g/mol. The van der Waals surface area contributed by atoms with Crippen LogP contribution in [0.3, 0.4) is 0 Å². The molecular formula is C21H16ClN3O4. The highest BCUT2D eigenvalue weighted by Gasteiger charge is 2.21. The van der Waals surface area contributed by atoms with Gasteiger partial charge in [0.15, 0.2) is 5.76 Å². The van der Waals surface area contributed by atoms with E-state index in [0.29, 0.717) is 38.6 Å². The number of para-hydroxylation sites is 1. The number of halogens is 1. The zero-order chi connectivity index (χ0) is 20.5. The van der Waals surface area contributed by atoms with Crippen LogP contribution in [-0.2, 0) is 0 Å². The van der Waals surface area contributed by atoms with E-state index in [0.717, 1.165) is 0 Å². The highest BCUT2D eigenvalue weighted by Crippen LogP contribution is 2.31. The Bertz CT molecular complexity index is 1240. The summed E-state index contributed by atoms with van der Waals surface area (Å²) >= 11 is 6.17. The summed E-state index contributed by atoms with van der Waals surface area (Å²) in [6, 6.07) is 15.5. The van der Waals surface area contributed by atoms with Gasteiger partial charge in [-0.2, -0.15) is 0 Å². The zero-order valence-electron chi connectivity index (χ0n) is 15.3. The second kappa shape index (κ2) is 7.46. The van der Waals surface area contributed by atoms with Crippen molar-refractivity contribution in [2.75, 3.05) is 7.11 Å². The van der Waals surface area contributed by atoms with Crippen molar-refractivity contribution in [1.29, 1.82) is 0 Å². The maximum Gasteiger partial charge on any atom is 0.298 e. The lowest BCUT2D eigenvalue weighted by Crippen LogP contribution is -2.29. The van der Waals surface area contributed by atoms with Gasteiger partial charge < -0.3 is 9.15 Å². The number of nitrogens with two attached hydrogens (primary N) is 1. The largest absolute Gasteiger partial charge is 0.495 e. The number of furan rings is 1. The molecule has 0 saturated carbocycles. The molecule has 0 saturated heterocycles. The first kappa shape index (κ1) is 18.8. The minimum Gasteiger partial charge on any atom is -0.495 e. The third-order valence-electron chi connectivity index (χ3n) is 4.56. The van der Waals surface area contributed by atoms with Gasteiger partial charge in [-0.3, -0.25) is 19.6 Å². The summed E-state index contributed by atoms with van der Waals surface area (Å²) < 4.78 is 12.3. The summed E-state index contributed by atoms with van der Waals surface area (Å²) in [6.45, 7) is 0. The smallest absolute Gasteiger partial charge is 0.298 e. The van der Waals surface area contributed by atoms with Gasteiger partial charge in [0.05, 0.1) is 23.2 Å². The number of hydrogen-bond acceptors (Lipinski definition) is 5. The van der Waals surface area contributed by atoms with E-state index in [4.69, 9.17) is 26.6 Å². The molecule has 0 fully saturated rings. The van der Waals surface area contributed by atoms with E-state index in [1.54, 1.807) is 54.6 Å². The van der Waals surface area contributed by atoms with Crippen LogP contribution in [-0.4, -0.2) is 23.5 Å². The molecule has 2 heterocycles. The maximum absolute atomic E-state index is 13.1. The van der Waals surface area contributed by atoms with Gasteiger partial charge in [0.25, 0.3) is 11.8 Å². The van der Waals surface area contributed by atoms with E-state index in [9.17, 15) is 9.59 Å². The first-order chi connectivity index (χ1) is 14.0. The minimum atomic E-state index is -0.485. The maximum atomic E-state index is 13.1. The zero-order valence-corrected chi connectivity index (χ0v) is 16.1. The van der Waals surface area contributed by atoms with Gasteiger partial charge in [-0.25, -0.2) is 5.84 Å². The number of benzene rings is 2. The lowest BCUT2D eigenvalue weighted by Gasteiger charge is -2.04. The van der Waals surface area contributed by atoms with Crippen molar-refractivity contribution < 1.29 is 18.7 Å².